The van der Waals surface area contributed by atoms with Gasteiger partial charge in [-0.15, -0.1) is 0 Å². The third kappa shape index (κ3) is 2.96. The molecule has 0 aliphatic carbocycles. The molecule has 3 N–H and O–H groups in total. The maximum Gasteiger partial charge on any atom is 0.249 e. The molecule has 0 spiro atoms. The lowest BCUT2D eigenvalue weighted by Gasteiger charge is -2.33. The van der Waals surface area contributed by atoms with Gasteiger partial charge in [-0.3, -0.25) is 0 Å². The molecule has 1 heterocycles. The second-order valence-electron chi connectivity index (χ2n) is 6.44. The predicted molar refractivity (Wildman–Crippen MR) is 91.5 cm³/mol. The van der Waals surface area contributed by atoms with Gasteiger partial charge in [-0.05, 0) is 36.1 Å². The quantitative estimate of drug-likeness (QED) is 0.746. The first-order valence-corrected chi connectivity index (χ1v) is 8.23. The van der Waals surface area contributed by atoms with Crippen molar-refractivity contribution < 1.29 is 20.1 Å². The van der Waals surface area contributed by atoms with Crippen molar-refractivity contribution >= 4 is 11.6 Å². The molecule has 2 aromatic carbocycles. The predicted octanol–water partition coefficient (Wildman–Crippen LogP) is 2.90. The van der Waals surface area contributed by atoms with E-state index in [-0.39, 0.29) is 6.42 Å². The minimum Gasteiger partial charge on any atom is -0.386 e. The normalized spacial score (nSPS) is 31.2. The minimum absolute atomic E-state index is 0.236. The zero-order valence-electron chi connectivity index (χ0n) is 13.6. The smallest absolute Gasteiger partial charge is 0.249 e. The van der Waals surface area contributed by atoms with Gasteiger partial charge in [0, 0.05) is 0 Å². The molecule has 1 aliphatic rings. The first-order valence-electron chi connectivity index (χ1n) is 7.86. The Morgan fingerprint density at radius 2 is 1.62 bits per heavy atom. The monoisotopic (exact) mass is 348 g/mol. The van der Waals surface area contributed by atoms with Gasteiger partial charge in [-0.25, -0.2) is 0 Å². The number of aryl methyl sites for hydroxylation is 2. The Balaban J connectivity index is 2.08. The van der Waals surface area contributed by atoms with Crippen molar-refractivity contribution in [1.29, 1.82) is 0 Å². The third-order valence-electron chi connectivity index (χ3n) is 4.67. The number of aliphatic hydroxyl groups excluding tert-OH is 1. The summed E-state index contributed by atoms with van der Waals surface area (Å²) in [6.45, 7) is 3.73. The molecule has 0 saturated carbocycles. The van der Waals surface area contributed by atoms with Crippen LogP contribution in [0, 0.1) is 13.8 Å². The molecule has 0 radical (unpaired) electrons. The molecule has 2 aromatic rings. The van der Waals surface area contributed by atoms with Gasteiger partial charge in [-0.2, -0.15) is 0 Å². The molecule has 24 heavy (non-hydrogen) atoms. The highest BCUT2D eigenvalue weighted by Crippen LogP contribution is 2.50. The fourth-order valence-electron chi connectivity index (χ4n) is 3.48. The molecule has 128 valence electrons. The highest BCUT2D eigenvalue weighted by Gasteiger charge is 2.58. The van der Waals surface area contributed by atoms with Gasteiger partial charge in [0.15, 0.2) is 0 Å². The summed E-state index contributed by atoms with van der Waals surface area (Å²) in [5.41, 5.74) is 1.30. The van der Waals surface area contributed by atoms with Crippen LogP contribution in [0.5, 0.6) is 0 Å². The van der Waals surface area contributed by atoms with Crippen molar-refractivity contribution in [3.63, 3.8) is 0 Å². The van der Waals surface area contributed by atoms with Gasteiger partial charge in [0.1, 0.15) is 17.8 Å². The van der Waals surface area contributed by atoms with Crippen molar-refractivity contribution in [2.45, 2.75) is 43.3 Å². The van der Waals surface area contributed by atoms with E-state index in [0.717, 1.165) is 11.1 Å². The van der Waals surface area contributed by atoms with Gasteiger partial charge < -0.3 is 20.1 Å². The Morgan fingerprint density at radius 3 is 2.25 bits per heavy atom. The van der Waals surface area contributed by atoms with Gasteiger partial charge in [-0.1, -0.05) is 60.1 Å². The van der Waals surface area contributed by atoms with Gasteiger partial charge in [0.2, 0.25) is 5.25 Å². The Bertz CT molecular complexity index is 746. The molecule has 1 aliphatic heterocycles. The van der Waals surface area contributed by atoms with E-state index >= 15 is 0 Å². The molecule has 1 fully saturated rings. The van der Waals surface area contributed by atoms with E-state index < -0.39 is 23.1 Å². The summed E-state index contributed by atoms with van der Waals surface area (Å²) in [6.07, 6.45) is -2.47. The SMILES string of the molecule is Cc1ccccc1C(O)[C@H]1OC(O)(Cl)C[C@@]1(O)c1ccccc1C. The second kappa shape index (κ2) is 6.14. The molecule has 1 saturated heterocycles. The molecule has 3 rings (SSSR count). The van der Waals surface area contributed by atoms with Crippen LogP contribution in [0.15, 0.2) is 48.5 Å². The molecule has 4 atom stereocenters. The van der Waals surface area contributed by atoms with Crippen molar-refractivity contribution in [3.05, 3.63) is 70.8 Å². The number of rotatable bonds is 3. The summed E-state index contributed by atoms with van der Waals surface area (Å²) in [4.78, 5) is 0. The van der Waals surface area contributed by atoms with Crippen LogP contribution in [-0.2, 0) is 10.3 Å². The topological polar surface area (TPSA) is 69.9 Å². The van der Waals surface area contributed by atoms with Gasteiger partial charge in [0.05, 0.1) is 6.42 Å². The number of hydrogen-bond acceptors (Lipinski definition) is 4. The Labute approximate surface area is 146 Å². The summed E-state index contributed by atoms with van der Waals surface area (Å²) in [7, 11) is 0. The second-order valence-corrected chi connectivity index (χ2v) is 7.04. The largest absolute Gasteiger partial charge is 0.386 e. The van der Waals surface area contributed by atoms with Crippen molar-refractivity contribution in [3.8, 4) is 0 Å². The highest BCUT2D eigenvalue weighted by molar-refractivity contribution is 6.21. The van der Waals surface area contributed by atoms with E-state index in [1.807, 2.05) is 38.1 Å². The molecule has 0 bridgehead atoms. The van der Waals surface area contributed by atoms with Crippen molar-refractivity contribution in [2.24, 2.45) is 0 Å². The number of hydrogen-bond donors (Lipinski definition) is 3. The highest BCUT2D eigenvalue weighted by atomic mass is 35.5. The first kappa shape index (κ1) is 17.4. The molecule has 2 unspecified atom stereocenters. The maximum atomic E-state index is 11.3. The van der Waals surface area contributed by atoms with Crippen molar-refractivity contribution in [1.82, 2.24) is 0 Å². The average Bonchev–Trinajstić information content (AvgIpc) is 2.78. The number of ether oxygens (including phenoxy) is 1. The number of halogens is 1. The summed E-state index contributed by atoms with van der Waals surface area (Å²) >= 11 is 5.98. The van der Waals surface area contributed by atoms with Crippen LogP contribution in [0.1, 0.15) is 34.8 Å². The molecular weight excluding hydrogens is 328 g/mol. The summed E-state index contributed by atoms with van der Waals surface area (Å²) in [5, 5.41) is 30.4. The average molecular weight is 349 g/mol. The molecule has 0 aromatic heterocycles. The fourth-order valence-corrected chi connectivity index (χ4v) is 3.78. The number of aliphatic hydroxyl groups is 3. The first-order chi connectivity index (χ1) is 11.2. The summed E-state index contributed by atoms with van der Waals surface area (Å²) in [6, 6.07) is 14.6. The van der Waals surface area contributed by atoms with Crippen LogP contribution in [-0.4, -0.2) is 26.7 Å². The van der Waals surface area contributed by atoms with E-state index in [1.165, 1.54) is 0 Å². The molecule has 5 heteroatoms. The maximum absolute atomic E-state index is 11.3. The van der Waals surface area contributed by atoms with Crippen LogP contribution in [0.25, 0.3) is 0 Å². The third-order valence-corrected chi connectivity index (χ3v) is 4.89. The van der Waals surface area contributed by atoms with E-state index in [9.17, 15) is 15.3 Å². The molecular formula is C19H21ClO4. The van der Waals surface area contributed by atoms with Crippen LogP contribution in [0.2, 0.25) is 0 Å². The van der Waals surface area contributed by atoms with E-state index in [4.69, 9.17) is 16.3 Å². The van der Waals surface area contributed by atoms with E-state index in [0.29, 0.717) is 11.1 Å². The Morgan fingerprint density at radius 1 is 1.04 bits per heavy atom. The van der Waals surface area contributed by atoms with Gasteiger partial charge in [0.25, 0.3) is 0 Å². The summed E-state index contributed by atoms with van der Waals surface area (Å²) < 4.78 is 5.47. The lowest BCUT2D eigenvalue weighted by atomic mass is 9.80. The van der Waals surface area contributed by atoms with Crippen LogP contribution in [0.4, 0.5) is 0 Å². The lowest BCUT2D eigenvalue weighted by Crippen LogP contribution is -2.40. The Kier molecular flexibility index (Phi) is 4.45. The van der Waals surface area contributed by atoms with Crippen LogP contribution in [0.3, 0.4) is 0 Å². The number of benzene rings is 2. The lowest BCUT2D eigenvalue weighted by molar-refractivity contribution is -0.169. The number of alkyl halides is 1. The minimum atomic E-state index is -2.04. The van der Waals surface area contributed by atoms with Crippen LogP contribution < -0.4 is 0 Å². The zero-order valence-corrected chi connectivity index (χ0v) is 14.4. The summed E-state index contributed by atoms with van der Waals surface area (Å²) in [5.74, 6) is 0. The fraction of sp³-hybridized carbons (Fsp3) is 0.368. The van der Waals surface area contributed by atoms with Gasteiger partial charge >= 0.3 is 0 Å². The van der Waals surface area contributed by atoms with Crippen molar-refractivity contribution in [2.75, 3.05) is 0 Å². The molecule has 4 nitrogen and oxygen atoms in total. The van der Waals surface area contributed by atoms with E-state index in [1.54, 1.807) is 24.3 Å². The Hall–Kier alpha value is -1.43. The standard InChI is InChI=1S/C19H21ClO4/c1-12-7-3-5-9-14(12)16(21)17-18(22,11-19(20,23)24-17)15-10-6-4-8-13(15)2/h3-10,16-17,21-23H,11H2,1-2H3/t16?,17-,18-,19?/m1/s1. The van der Waals surface area contributed by atoms with E-state index in [2.05, 4.69) is 0 Å². The van der Waals surface area contributed by atoms with Crippen LogP contribution >= 0.6 is 11.6 Å². The molecule has 0 amide bonds. The zero-order chi connectivity index (χ0) is 17.5.